The molecule has 14 heavy (non-hydrogen) atoms. The highest BCUT2D eigenvalue weighted by molar-refractivity contribution is 5.21. The Kier molecular flexibility index (Phi) is 2.66. The van der Waals surface area contributed by atoms with Crippen LogP contribution in [0.1, 0.15) is 0 Å². The summed E-state index contributed by atoms with van der Waals surface area (Å²) in [4.78, 5) is 0. The number of para-hydroxylation sites is 1. The molecule has 0 aliphatic heterocycles. The Morgan fingerprint density at radius 2 is 1.50 bits per heavy atom. The number of ether oxygens (including phenoxy) is 1. The molecule has 1 aromatic rings. The lowest BCUT2D eigenvalue weighted by Gasteiger charge is -2.22. The summed E-state index contributed by atoms with van der Waals surface area (Å²) < 4.78 is 51.5. The van der Waals surface area contributed by atoms with Crippen LogP contribution < -0.4 is 4.74 Å². The average Bonchev–Trinajstić information content (AvgIpc) is 2.03. The molecule has 0 saturated carbocycles. The van der Waals surface area contributed by atoms with E-state index in [4.69, 9.17) is 5.11 Å². The third-order valence-electron chi connectivity index (χ3n) is 1.35. The number of benzene rings is 1. The van der Waals surface area contributed by atoms with Gasteiger partial charge in [-0.1, -0.05) is 18.2 Å². The van der Waals surface area contributed by atoms with Crippen molar-refractivity contribution in [2.75, 3.05) is 0 Å². The second kappa shape index (κ2) is 3.45. The zero-order valence-electron chi connectivity index (χ0n) is 6.75. The van der Waals surface area contributed by atoms with Crippen LogP contribution in [0.4, 0.5) is 17.6 Å². The summed E-state index contributed by atoms with van der Waals surface area (Å²) >= 11 is 0. The molecule has 0 spiro atoms. The lowest BCUT2D eigenvalue weighted by molar-refractivity contribution is -0.395. The second-order valence-corrected chi connectivity index (χ2v) is 2.47. The maximum absolute atomic E-state index is 12.5. The summed E-state index contributed by atoms with van der Waals surface area (Å²) in [6.45, 7) is 0. The van der Waals surface area contributed by atoms with Crippen LogP contribution in [0.15, 0.2) is 30.3 Å². The van der Waals surface area contributed by atoms with E-state index in [9.17, 15) is 17.6 Å². The van der Waals surface area contributed by atoms with Gasteiger partial charge in [0.2, 0.25) is 0 Å². The van der Waals surface area contributed by atoms with E-state index in [1.807, 2.05) is 0 Å². The molecule has 0 heterocycles. The number of hydrogen-bond acceptors (Lipinski definition) is 2. The van der Waals surface area contributed by atoms with E-state index >= 15 is 0 Å². The van der Waals surface area contributed by atoms with Gasteiger partial charge in [-0.2, -0.15) is 17.6 Å². The monoisotopic (exact) mass is 210 g/mol. The molecule has 2 nitrogen and oxygen atoms in total. The summed E-state index contributed by atoms with van der Waals surface area (Å²) in [6, 6.07) is 1.74. The Hall–Kier alpha value is -1.30. The highest BCUT2D eigenvalue weighted by Gasteiger charge is 2.58. The lowest BCUT2D eigenvalue weighted by atomic mass is 10.3. The predicted molar refractivity (Wildman–Crippen MR) is 39.2 cm³/mol. The van der Waals surface area contributed by atoms with Gasteiger partial charge in [0.15, 0.2) is 0 Å². The van der Waals surface area contributed by atoms with Crippen molar-refractivity contribution in [2.24, 2.45) is 0 Å². The largest absolute Gasteiger partial charge is 0.491 e. The molecule has 0 saturated heterocycles. The Bertz CT molecular complexity index is 294. The molecular weight excluding hydrogens is 204 g/mol. The van der Waals surface area contributed by atoms with Crippen LogP contribution in [0.2, 0.25) is 0 Å². The molecular formula is C8H6F4O2. The van der Waals surface area contributed by atoms with Gasteiger partial charge in [-0.3, -0.25) is 0 Å². The van der Waals surface area contributed by atoms with Gasteiger partial charge < -0.3 is 9.84 Å². The minimum Gasteiger partial charge on any atom is -0.429 e. The molecule has 6 heteroatoms. The third-order valence-corrected chi connectivity index (χ3v) is 1.35. The summed E-state index contributed by atoms with van der Waals surface area (Å²) in [5.41, 5.74) is 0. The summed E-state index contributed by atoms with van der Waals surface area (Å²) in [6.07, 6.45) is -5.48. The lowest BCUT2D eigenvalue weighted by Crippen LogP contribution is -2.46. The molecule has 1 atom stereocenters. The molecule has 1 aromatic carbocycles. The van der Waals surface area contributed by atoms with Crippen LogP contribution in [0.25, 0.3) is 0 Å². The summed E-state index contributed by atoms with van der Waals surface area (Å²) in [7, 11) is 0. The first kappa shape index (κ1) is 10.8. The standard InChI is InChI=1S/C8H6F4O2/c9-7(10,11)8(12,13)14-6-4-2-1-3-5-6/h1-5,13H. The van der Waals surface area contributed by atoms with E-state index in [1.165, 1.54) is 18.2 Å². The van der Waals surface area contributed by atoms with Gasteiger partial charge in [0, 0.05) is 0 Å². The van der Waals surface area contributed by atoms with Crippen molar-refractivity contribution < 1.29 is 27.4 Å². The molecule has 0 fully saturated rings. The van der Waals surface area contributed by atoms with Gasteiger partial charge in [0.25, 0.3) is 0 Å². The van der Waals surface area contributed by atoms with E-state index in [0.29, 0.717) is 0 Å². The van der Waals surface area contributed by atoms with Crippen LogP contribution in [-0.2, 0) is 0 Å². The average molecular weight is 210 g/mol. The van der Waals surface area contributed by atoms with Crippen molar-refractivity contribution in [3.8, 4) is 5.75 Å². The fourth-order valence-corrected chi connectivity index (χ4v) is 0.703. The zero-order valence-corrected chi connectivity index (χ0v) is 6.75. The molecule has 1 rings (SSSR count). The van der Waals surface area contributed by atoms with E-state index in [2.05, 4.69) is 4.74 Å². The van der Waals surface area contributed by atoms with E-state index in [0.717, 1.165) is 12.1 Å². The van der Waals surface area contributed by atoms with Crippen molar-refractivity contribution in [3.63, 3.8) is 0 Å². The first-order chi connectivity index (χ1) is 6.33. The van der Waals surface area contributed by atoms with Crippen molar-refractivity contribution in [2.45, 2.75) is 12.2 Å². The molecule has 0 aliphatic rings. The van der Waals surface area contributed by atoms with Gasteiger partial charge >= 0.3 is 12.2 Å². The highest BCUT2D eigenvalue weighted by Crippen LogP contribution is 2.33. The molecule has 1 N–H and O–H groups in total. The smallest absolute Gasteiger partial charge is 0.429 e. The maximum Gasteiger partial charge on any atom is 0.491 e. The maximum atomic E-state index is 12.5. The number of alkyl halides is 4. The molecule has 0 aliphatic carbocycles. The minimum atomic E-state index is -5.48. The number of rotatable bonds is 2. The van der Waals surface area contributed by atoms with Gasteiger partial charge in [-0.15, -0.1) is 0 Å². The van der Waals surface area contributed by atoms with Crippen molar-refractivity contribution in [3.05, 3.63) is 30.3 Å². The van der Waals surface area contributed by atoms with E-state index in [1.54, 1.807) is 0 Å². The SMILES string of the molecule is OC(F)(Oc1ccccc1)C(F)(F)F. The van der Waals surface area contributed by atoms with Crippen molar-refractivity contribution in [1.82, 2.24) is 0 Å². The Morgan fingerprint density at radius 3 is 1.93 bits per heavy atom. The van der Waals surface area contributed by atoms with Gasteiger partial charge in [-0.05, 0) is 12.1 Å². The fraction of sp³-hybridized carbons (Fsp3) is 0.250. The first-order valence-electron chi connectivity index (χ1n) is 3.55. The molecule has 0 bridgehead atoms. The van der Waals surface area contributed by atoms with Gasteiger partial charge in [-0.25, -0.2) is 0 Å². The molecule has 78 valence electrons. The van der Waals surface area contributed by atoms with Crippen LogP contribution >= 0.6 is 0 Å². The van der Waals surface area contributed by atoms with Crippen molar-refractivity contribution in [1.29, 1.82) is 0 Å². The van der Waals surface area contributed by atoms with Crippen LogP contribution in [0.5, 0.6) is 5.75 Å². The third kappa shape index (κ3) is 2.35. The fourth-order valence-electron chi connectivity index (χ4n) is 0.703. The van der Waals surface area contributed by atoms with Crippen LogP contribution in [-0.4, -0.2) is 17.3 Å². The van der Waals surface area contributed by atoms with Crippen LogP contribution in [0.3, 0.4) is 0 Å². The second-order valence-electron chi connectivity index (χ2n) is 2.47. The summed E-state index contributed by atoms with van der Waals surface area (Å²) in [5.74, 6) is -0.408. The number of halogens is 4. The van der Waals surface area contributed by atoms with Crippen molar-refractivity contribution >= 4 is 0 Å². The van der Waals surface area contributed by atoms with Gasteiger partial charge in [0.05, 0.1) is 0 Å². The van der Waals surface area contributed by atoms with E-state index in [-0.39, 0.29) is 0 Å². The quantitative estimate of drug-likeness (QED) is 0.599. The zero-order chi connectivity index (χ0) is 10.8. The highest BCUT2D eigenvalue weighted by atomic mass is 19.4. The number of hydrogen-bond donors (Lipinski definition) is 1. The predicted octanol–water partition coefficient (Wildman–Crippen LogP) is 2.24. The Labute approximate surface area is 76.7 Å². The number of aliphatic hydroxyl groups is 1. The minimum absolute atomic E-state index is 0.408. The molecule has 1 unspecified atom stereocenters. The Balaban J connectivity index is 2.79. The molecule has 0 aromatic heterocycles. The normalized spacial score (nSPS) is 16.1. The molecule has 0 amide bonds. The first-order valence-corrected chi connectivity index (χ1v) is 3.55. The topological polar surface area (TPSA) is 29.5 Å². The summed E-state index contributed by atoms with van der Waals surface area (Å²) in [5, 5.41) is 8.29. The van der Waals surface area contributed by atoms with Gasteiger partial charge in [0.1, 0.15) is 5.75 Å². The van der Waals surface area contributed by atoms with Crippen LogP contribution in [0, 0.1) is 0 Å². The Morgan fingerprint density at radius 1 is 1.00 bits per heavy atom. The van der Waals surface area contributed by atoms with E-state index < -0.39 is 18.0 Å². The molecule has 0 radical (unpaired) electrons.